The summed E-state index contributed by atoms with van der Waals surface area (Å²) in [4.78, 5) is 29.1. The van der Waals surface area contributed by atoms with Crippen LogP contribution in [0, 0.1) is 0 Å². The monoisotopic (exact) mass is 540 g/mol. The summed E-state index contributed by atoms with van der Waals surface area (Å²) in [6.07, 6.45) is 2.34. The van der Waals surface area contributed by atoms with Gasteiger partial charge >= 0.3 is 0 Å². The lowest BCUT2D eigenvalue weighted by molar-refractivity contribution is -0.123. The van der Waals surface area contributed by atoms with Crippen LogP contribution >= 0.6 is 39.1 Å². The molecule has 6 nitrogen and oxygen atoms in total. The van der Waals surface area contributed by atoms with Gasteiger partial charge < -0.3 is 20.9 Å². The van der Waals surface area contributed by atoms with Gasteiger partial charge in [-0.2, -0.15) is 0 Å². The number of nitrogens with zero attached hydrogens (tertiary/aromatic N) is 2. The first-order chi connectivity index (χ1) is 15.2. The molecular formula is C23H27BrCl2N4O2. The van der Waals surface area contributed by atoms with Gasteiger partial charge in [0.2, 0.25) is 11.8 Å². The van der Waals surface area contributed by atoms with Gasteiger partial charge in [0, 0.05) is 16.7 Å². The number of rotatable bonds is 9. The molecule has 2 amide bonds. The fourth-order valence-electron chi connectivity index (χ4n) is 3.87. The van der Waals surface area contributed by atoms with E-state index >= 15 is 0 Å². The number of anilines is 1. The number of primary amides is 1. The van der Waals surface area contributed by atoms with Crippen LogP contribution in [0.5, 0.6) is 0 Å². The van der Waals surface area contributed by atoms with Gasteiger partial charge in [-0.15, -0.1) is 0 Å². The van der Waals surface area contributed by atoms with E-state index in [1.807, 2.05) is 24.3 Å². The summed E-state index contributed by atoms with van der Waals surface area (Å²) in [7, 11) is 0. The Bertz CT molecular complexity index is 952. The summed E-state index contributed by atoms with van der Waals surface area (Å²) < 4.78 is 0.980. The van der Waals surface area contributed by atoms with E-state index in [2.05, 4.69) is 26.1 Å². The van der Waals surface area contributed by atoms with Crippen molar-refractivity contribution < 1.29 is 9.59 Å². The van der Waals surface area contributed by atoms with Crippen molar-refractivity contribution in [2.75, 3.05) is 31.1 Å². The van der Waals surface area contributed by atoms with Crippen molar-refractivity contribution in [1.29, 1.82) is 0 Å². The van der Waals surface area contributed by atoms with E-state index in [4.69, 9.17) is 28.9 Å². The number of hydrogen-bond donors (Lipinski definition) is 2. The summed E-state index contributed by atoms with van der Waals surface area (Å²) in [5, 5.41) is 3.92. The van der Waals surface area contributed by atoms with Crippen LogP contribution in [-0.2, 0) is 9.59 Å². The number of halogens is 3. The van der Waals surface area contributed by atoms with E-state index in [9.17, 15) is 9.59 Å². The Morgan fingerprint density at radius 2 is 1.78 bits per heavy atom. The van der Waals surface area contributed by atoms with Gasteiger partial charge in [-0.05, 0) is 68.8 Å². The fraction of sp³-hybridized carbons (Fsp3) is 0.391. The van der Waals surface area contributed by atoms with Crippen molar-refractivity contribution in [2.24, 2.45) is 5.73 Å². The minimum absolute atomic E-state index is 0.123. The molecule has 2 unspecified atom stereocenters. The Morgan fingerprint density at radius 1 is 1.12 bits per heavy atom. The van der Waals surface area contributed by atoms with Crippen LogP contribution in [0.2, 0.25) is 10.0 Å². The number of benzene rings is 2. The highest BCUT2D eigenvalue weighted by Gasteiger charge is 2.27. The minimum Gasteiger partial charge on any atom is -0.368 e. The molecule has 0 aromatic heterocycles. The molecule has 0 aliphatic carbocycles. The molecule has 2 aromatic carbocycles. The number of nitrogens with one attached hydrogen (secondary N) is 1. The van der Waals surface area contributed by atoms with E-state index in [0.29, 0.717) is 15.7 Å². The second-order valence-electron chi connectivity index (χ2n) is 7.99. The van der Waals surface area contributed by atoms with Gasteiger partial charge in [0.1, 0.15) is 6.04 Å². The molecule has 1 heterocycles. The Hall–Kier alpha value is -1.80. The van der Waals surface area contributed by atoms with E-state index in [-0.39, 0.29) is 18.5 Å². The van der Waals surface area contributed by atoms with Crippen LogP contribution in [-0.4, -0.2) is 48.9 Å². The standard InChI is InChI=1S/C23H27BrCl2N4O2/c1-15(30(14-22(27)31)18-8-9-19(25)20(26)12-18)23(32)28-21(13-29-10-2-3-11-29)16-4-6-17(24)7-5-16/h4-9,12,15,21H,2-3,10-11,13-14H2,1H3,(H2,27,31)(H,28,32). The number of likely N-dealkylation sites (tertiary alicyclic amines) is 1. The Kier molecular flexibility index (Phi) is 8.82. The first kappa shape index (κ1) is 24.8. The molecule has 9 heteroatoms. The van der Waals surface area contributed by atoms with E-state index < -0.39 is 11.9 Å². The molecule has 3 N–H and O–H groups in total. The average molecular weight is 542 g/mol. The molecule has 1 aliphatic rings. The number of hydrogen-bond acceptors (Lipinski definition) is 4. The van der Waals surface area contributed by atoms with Gasteiger partial charge in [-0.25, -0.2) is 0 Å². The van der Waals surface area contributed by atoms with Crippen molar-refractivity contribution in [2.45, 2.75) is 31.8 Å². The lowest BCUT2D eigenvalue weighted by Gasteiger charge is -2.32. The lowest BCUT2D eigenvalue weighted by Crippen LogP contribution is -2.50. The lowest BCUT2D eigenvalue weighted by atomic mass is 10.1. The molecule has 0 radical (unpaired) electrons. The predicted molar refractivity (Wildman–Crippen MR) is 133 cm³/mol. The van der Waals surface area contributed by atoms with E-state index in [1.165, 1.54) is 12.8 Å². The van der Waals surface area contributed by atoms with E-state index in [0.717, 1.165) is 29.7 Å². The average Bonchev–Trinajstić information content (AvgIpc) is 3.26. The van der Waals surface area contributed by atoms with Crippen LogP contribution in [0.3, 0.4) is 0 Å². The van der Waals surface area contributed by atoms with Crippen molar-refractivity contribution in [3.63, 3.8) is 0 Å². The van der Waals surface area contributed by atoms with Crippen LogP contribution < -0.4 is 16.0 Å². The Morgan fingerprint density at radius 3 is 2.38 bits per heavy atom. The highest BCUT2D eigenvalue weighted by atomic mass is 79.9. The molecule has 32 heavy (non-hydrogen) atoms. The summed E-state index contributed by atoms with van der Waals surface area (Å²) in [6, 6.07) is 12.1. The zero-order chi connectivity index (χ0) is 23.3. The summed E-state index contributed by atoms with van der Waals surface area (Å²) in [5.41, 5.74) is 7.09. The number of carbonyl (C=O) groups excluding carboxylic acids is 2. The number of amides is 2. The van der Waals surface area contributed by atoms with Gasteiger partial charge in [0.05, 0.1) is 22.6 Å². The number of carbonyl (C=O) groups is 2. The number of nitrogens with two attached hydrogens (primary N) is 1. The topological polar surface area (TPSA) is 78.7 Å². The van der Waals surface area contributed by atoms with Gasteiger partial charge in [-0.1, -0.05) is 51.3 Å². The smallest absolute Gasteiger partial charge is 0.242 e. The molecule has 1 saturated heterocycles. The summed E-state index contributed by atoms with van der Waals surface area (Å²) in [6.45, 7) is 4.39. The van der Waals surface area contributed by atoms with Crippen LogP contribution in [0.25, 0.3) is 0 Å². The highest BCUT2D eigenvalue weighted by Crippen LogP contribution is 2.28. The van der Waals surface area contributed by atoms with Crippen LogP contribution in [0.1, 0.15) is 31.4 Å². The van der Waals surface area contributed by atoms with Crippen molar-refractivity contribution in [1.82, 2.24) is 10.2 Å². The maximum Gasteiger partial charge on any atom is 0.242 e. The second-order valence-corrected chi connectivity index (χ2v) is 9.72. The molecule has 172 valence electrons. The first-order valence-electron chi connectivity index (χ1n) is 10.5. The quantitative estimate of drug-likeness (QED) is 0.493. The van der Waals surface area contributed by atoms with Crippen molar-refractivity contribution in [3.8, 4) is 0 Å². The molecule has 0 bridgehead atoms. The summed E-state index contributed by atoms with van der Waals surface area (Å²) in [5.74, 6) is -0.748. The maximum absolute atomic E-state index is 13.3. The zero-order valence-corrected chi connectivity index (χ0v) is 21.0. The van der Waals surface area contributed by atoms with Gasteiger partial charge in [-0.3, -0.25) is 9.59 Å². The predicted octanol–water partition coefficient (Wildman–Crippen LogP) is 4.39. The molecule has 3 rings (SSSR count). The Labute approximate surface area is 207 Å². The third-order valence-electron chi connectivity index (χ3n) is 5.64. The third-order valence-corrected chi connectivity index (χ3v) is 6.90. The molecule has 0 spiro atoms. The minimum atomic E-state index is -0.656. The van der Waals surface area contributed by atoms with Crippen LogP contribution in [0.4, 0.5) is 5.69 Å². The second kappa shape index (κ2) is 11.4. The highest BCUT2D eigenvalue weighted by molar-refractivity contribution is 9.10. The van der Waals surface area contributed by atoms with Crippen molar-refractivity contribution >= 4 is 56.6 Å². The maximum atomic E-state index is 13.3. The normalized spacial score (nSPS) is 15.9. The SMILES string of the molecule is CC(C(=O)NC(CN1CCCC1)c1ccc(Br)cc1)N(CC(N)=O)c1ccc(Cl)c(Cl)c1. The largest absolute Gasteiger partial charge is 0.368 e. The van der Waals surface area contributed by atoms with E-state index in [1.54, 1.807) is 30.0 Å². The molecule has 0 saturated carbocycles. The fourth-order valence-corrected chi connectivity index (χ4v) is 4.43. The molecule has 2 atom stereocenters. The van der Waals surface area contributed by atoms with Gasteiger partial charge in [0.15, 0.2) is 0 Å². The van der Waals surface area contributed by atoms with Crippen LogP contribution in [0.15, 0.2) is 46.9 Å². The zero-order valence-electron chi connectivity index (χ0n) is 17.9. The van der Waals surface area contributed by atoms with Crippen molar-refractivity contribution in [3.05, 3.63) is 62.5 Å². The molecule has 1 fully saturated rings. The third kappa shape index (κ3) is 6.61. The molecule has 1 aliphatic heterocycles. The first-order valence-corrected chi connectivity index (χ1v) is 12.1. The Balaban J connectivity index is 1.82. The van der Waals surface area contributed by atoms with Gasteiger partial charge in [0.25, 0.3) is 0 Å². The molecule has 2 aromatic rings. The molecular weight excluding hydrogens is 515 g/mol. The summed E-state index contributed by atoms with van der Waals surface area (Å²) >= 11 is 15.7.